The highest BCUT2D eigenvalue weighted by Crippen LogP contribution is 2.28. The Bertz CT molecular complexity index is 976. The molecule has 0 radical (unpaired) electrons. The van der Waals surface area contributed by atoms with Crippen LogP contribution in [0.25, 0.3) is 0 Å². The Hall–Kier alpha value is -2.71. The van der Waals surface area contributed by atoms with E-state index in [1.54, 1.807) is 43.5 Å². The van der Waals surface area contributed by atoms with Crippen LogP contribution in [0.4, 0.5) is 0 Å². The quantitative estimate of drug-likeness (QED) is 0.338. The molecule has 3 rings (SSSR count). The molecule has 2 aromatic carbocycles. The monoisotopic (exact) mass is 418 g/mol. The summed E-state index contributed by atoms with van der Waals surface area (Å²) >= 11 is 7.25. The molecular formula is C19H19ClN4O3S. The molecule has 2 N–H and O–H groups in total. The number of ketones is 1. The highest BCUT2D eigenvalue weighted by atomic mass is 35.5. The molecule has 0 bridgehead atoms. The fourth-order valence-electron chi connectivity index (χ4n) is 2.44. The molecular weight excluding hydrogens is 400 g/mol. The van der Waals surface area contributed by atoms with Gasteiger partial charge in [0.2, 0.25) is 5.16 Å². The minimum absolute atomic E-state index is 0.00229. The van der Waals surface area contributed by atoms with Crippen LogP contribution in [0.3, 0.4) is 0 Å². The second kappa shape index (κ2) is 8.99. The van der Waals surface area contributed by atoms with Crippen molar-refractivity contribution < 1.29 is 14.3 Å². The van der Waals surface area contributed by atoms with Crippen LogP contribution in [0.1, 0.15) is 28.7 Å². The molecule has 1 aromatic heterocycles. The van der Waals surface area contributed by atoms with Crippen molar-refractivity contribution in [3.05, 3.63) is 64.4 Å². The van der Waals surface area contributed by atoms with Gasteiger partial charge in [0.25, 0.3) is 0 Å². The first-order chi connectivity index (χ1) is 13.5. The number of nitrogens with zero attached hydrogens (tertiary/aromatic N) is 3. The molecule has 0 aliphatic carbocycles. The van der Waals surface area contributed by atoms with Crippen molar-refractivity contribution >= 4 is 29.1 Å². The summed E-state index contributed by atoms with van der Waals surface area (Å²) in [5.74, 6) is 8.46. The number of nitrogen functional groups attached to an aromatic ring is 1. The number of benzene rings is 2. The topological polar surface area (TPSA) is 92.3 Å². The lowest BCUT2D eigenvalue weighted by Gasteiger charge is -2.10. The molecule has 0 atom stereocenters. The maximum atomic E-state index is 11.6. The molecule has 146 valence electrons. The van der Waals surface area contributed by atoms with Gasteiger partial charge < -0.3 is 15.3 Å². The molecule has 0 unspecified atom stereocenters. The van der Waals surface area contributed by atoms with E-state index in [4.69, 9.17) is 26.9 Å². The van der Waals surface area contributed by atoms with Crippen molar-refractivity contribution in [3.63, 3.8) is 0 Å². The number of hydrogen-bond acceptors (Lipinski definition) is 7. The maximum Gasteiger partial charge on any atom is 0.210 e. The molecule has 9 heteroatoms. The summed E-state index contributed by atoms with van der Waals surface area (Å²) in [6.07, 6.45) is 0. The molecule has 3 aromatic rings. The minimum atomic E-state index is -0.00229. The summed E-state index contributed by atoms with van der Waals surface area (Å²) in [5.41, 5.74) is 1.50. The van der Waals surface area contributed by atoms with Gasteiger partial charge in [0, 0.05) is 21.9 Å². The highest BCUT2D eigenvalue weighted by Gasteiger charge is 2.13. The van der Waals surface area contributed by atoms with E-state index < -0.39 is 0 Å². The number of halogens is 1. The zero-order valence-electron chi connectivity index (χ0n) is 15.4. The average Bonchev–Trinajstić information content (AvgIpc) is 3.05. The molecule has 7 nitrogen and oxygen atoms in total. The molecule has 28 heavy (non-hydrogen) atoms. The van der Waals surface area contributed by atoms with Crippen LogP contribution in [-0.2, 0) is 12.4 Å². The average molecular weight is 419 g/mol. The van der Waals surface area contributed by atoms with Gasteiger partial charge in [0.1, 0.15) is 18.1 Å². The normalized spacial score (nSPS) is 10.7. The predicted octanol–water partition coefficient (Wildman–Crippen LogP) is 3.73. The summed E-state index contributed by atoms with van der Waals surface area (Å²) in [4.78, 5) is 11.6. The molecule has 0 aliphatic rings. The summed E-state index contributed by atoms with van der Waals surface area (Å²) in [5, 5.41) is 9.36. The smallest absolute Gasteiger partial charge is 0.210 e. The van der Waals surface area contributed by atoms with Crippen molar-refractivity contribution in [1.29, 1.82) is 0 Å². The highest BCUT2D eigenvalue weighted by molar-refractivity contribution is 7.98. The molecule has 0 saturated heterocycles. The van der Waals surface area contributed by atoms with Gasteiger partial charge in [-0.15, -0.1) is 10.2 Å². The number of carbonyl (C=O) groups is 1. The molecule has 1 heterocycles. The lowest BCUT2D eigenvalue weighted by molar-refractivity contribution is 0.101. The zero-order valence-corrected chi connectivity index (χ0v) is 17.0. The Morgan fingerprint density at radius 3 is 2.64 bits per heavy atom. The van der Waals surface area contributed by atoms with Gasteiger partial charge in [-0.3, -0.25) is 4.79 Å². The van der Waals surface area contributed by atoms with Gasteiger partial charge in [0.05, 0.1) is 7.11 Å². The first kappa shape index (κ1) is 20.0. The number of carbonyl (C=O) groups excluding carboxylic acids is 1. The van der Waals surface area contributed by atoms with Crippen LogP contribution in [0.2, 0.25) is 5.02 Å². The van der Waals surface area contributed by atoms with Gasteiger partial charge >= 0.3 is 0 Å². The fraction of sp³-hybridized carbons (Fsp3) is 0.211. The summed E-state index contributed by atoms with van der Waals surface area (Å²) in [6, 6.07) is 12.4. The van der Waals surface area contributed by atoms with Crippen molar-refractivity contribution in [1.82, 2.24) is 14.9 Å². The molecule has 0 fully saturated rings. The number of Topliss-reactive ketones (excluding diaryl/α,β-unsaturated/α-hetero) is 1. The van der Waals surface area contributed by atoms with E-state index in [2.05, 4.69) is 10.2 Å². The maximum absolute atomic E-state index is 11.6. The third-order valence-electron chi connectivity index (χ3n) is 3.96. The zero-order chi connectivity index (χ0) is 20.1. The number of nitrogens with two attached hydrogens (primary N) is 1. The van der Waals surface area contributed by atoms with E-state index in [0.29, 0.717) is 38.8 Å². The van der Waals surface area contributed by atoms with E-state index in [9.17, 15) is 4.79 Å². The van der Waals surface area contributed by atoms with Crippen LogP contribution in [0.5, 0.6) is 11.5 Å². The fourth-order valence-corrected chi connectivity index (χ4v) is 3.41. The van der Waals surface area contributed by atoms with E-state index in [0.717, 1.165) is 5.56 Å². The Labute approximate surface area is 171 Å². The summed E-state index contributed by atoms with van der Waals surface area (Å²) < 4.78 is 12.4. The van der Waals surface area contributed by atoms with Crippen molar-refractivity contribution in [2.24, 2.45) is 0 Å². The van der Waals surface area contributed by atoms with Gasteiger partial charge in [-0.25, -0.2) is 4.68 Å². The van der Waals surface area contributed by atoms with Crippen LogP contribution in [-0.4, -0.2) is 27.8 Å². The van der Waals surface area contributed by atoms with Gasteiger partial charge in [0.15, 0.2) is 11.6 Å². The standard InChI is InChI=1S/C19H19ClN4O3S/c1-12(25)13-3-8-17(26-2)14(9-13)11-28-19-23-22-18(24(19)21)10-27-16-6-4-15(20)5-7-16/h3-9H,10-11,21H2,1-2H3. The van der Waals surface area contributed by atoms with Crippen LogP contribution in [0, 0.1) is 0 Å². The molecule has 0 amide bonds. The lowest BCUT2D eigenvalue weighted by Crippen LogP contribution is -2.15. The first-order valence-electron chi connectivity index (χ1n) is 8.36. The Morgan fingerprint density at radius 2 is 1.96 bits per heavy atom. The number of rotatable bonds is 8. The Morgan fingerprint density at radius 1 is 1.21 bits per heavy atom. The van der Waals surface area contributed by atoms with Crippen LogP contribution < -0.4 is 15.3 Å². The predicted molar refractivity (Wildman–Crippen MR) is 109 cm³/mol. The molecule has 0 spiro atoms. The Balaban J connectivity index is 1.66. The number of ether oxygens (including phenoxy) is 2. The minimum Gasteiger partial charge on any atom is -0.496 e. The second-order valence-corrected chi connectivity index (χ2v) is 7.26. The largest absolute Gasteiger partial charge is 0.496 e. The van der Waals surface area contributed by atoms with Crippen LogP contribution >= 0.6 is 23.4 Å². The molecule has 0 aliphatic heterocycles. The van der Waals surface area contributed by atoms with Gasteiger partial charge in [-0.05, 0) is 49.4 Å². The molecule has 0 saturated carbocycles. The summed E-state index contributed by atoms with van der Waals surface area (Å²) in [6.45, 7) is 1.71. The number of methoxy groups -OCH3 is 1. The van der Waals surface area contributed by atoms with Crippen LogP contribution in [0.15, 0.2) is 47.6 Å². The number of aromatic nitrogens is 3. The van der Waals surface area contributed by atoms with Crippen molar-refractivity contribution in [2.45, 2.75) is 24.4 Å². The third kappa shape index (κ3) is 4.76. The van der Waals surface area contributed by atoms with Crippen molar-refractivity contribution in [3.8, 4) is 11.5 Å². The van der Waals surface area contributed by atoms with Gasteiger partial charge in [-0.2, -0.15) is 0 Å². The van der Waals surface area contributed by atoms with E-state index in [-0.39, 0.29) is 12.4 Å². The van der Waals surface area contributed by atoms with Gasteiger partial charge in [-0.1, -0.05) is 23.4 Å². The SMILES string of the molecule is COc1ccc(C(C)=O)cc1CSc1nnc(COc2ccc(Cl)cc2)n1N. The Kier molecular flexibility index (Phi) is 6.43. The van der Waals surface area contributed by atoms with E-state index in [1.807, 2.05) is 6.07 Å². The van der Waals surface area contributed by atoms with E-state index >= 15 is 0 Å². The lowest BCUT2D eigenvalue weighted by atomic mass is 10.1. The number of thioether (sulfide) groups is 1. The number of hydrogen-bond donors (Lipinski definition) is 1. The van der Waals surface area contributed by atoms with Crippen molar-refractivity contribution in [2.75, 3.05) is 13.0 Å². The first-order valence-corrected chi connectivity index (χ1v) is 9.72. The summed E-state index contributed by atoms with van der Waals surface area (Å²) in [7, 11) is 1.59. The van der Waals surface area contributed by atoms with E-state index in [1.165, 1.54) is 23.4 Å². The second-order valence-electron chi connectivity index (χ2n) is 5.88. The third-order valence-corrected chi connectivity index (χ3v) is 5.20.